The maximum absolute atomic E-state index is 12.3. The summed E-state index contributed by atoms with van der Waals surface area (Å²) < 4.78 is 5.82. The Morgan fingerprint density at radius 1 is 1.32 bits per heavy atom. The van der Waals surface area contributed by atoms with Crippen LogP contribution < -0.4 is 0 Å². The summed E-state index contributed by atoms with van der Waals surface area (Å²) in [5, 5.41) is 0. The van der Waals surface area contributed by atoms with Crippen LogP contribution in [0.1, 0.15) is 39.2 Å². The molecular weight excluding hydrogens is 236 g/mol. The maximum atomic E-state index is 12.3. The highest BCUT2D eigenvalue weighted by molar-refractivity contribution is 5.91. The summed E-state index contributed by atoms with van der Waals surface area (Å²) in [4.78, 5) is 12.3. The fourth-order valence-electron chi connectivity index (χ4n) is 3.32. The second-order valence-electron chi connectivity index (χ2n) is 5.76. The molecule has 0 aromatic heterocycles. The summed E-state index contributed by atoms with van der Waals surface area (Å²) in [5.41, 5.74) is 0.775. The van der Waals surface area contributed by atoms with Crippen molar-refractivity contribution in [2.24, 2.45) is 11.8 Å². The first-order valence-corrected chi connectivity index (χ1v) is 7.30. The zero-order valence-corrected chi connectivity index (χ0v) is 12.2. The molecule has 1 aliphatic carbocycles. The number of benzene rings is 1. The number of hydrogen-bond donors (Lipinski definition) is 0. The van der Waals surface area contributed by atoms with Gasteiger partial charge in [-0.1, -0.05) is 37.3 Å². The van der Waals surface area contributed by atoms with E-state index in [1.54, 1.807) is 0 Å². The standard InChI is InChI=1S/C17H24O2/c1-4-19-17(3)15(12-13(2)16(17)18)11-10-14-8-6-5-7-9-14/h5-9,13,15H,4,10-12H2,1-3H3. The Morgan fingerprint density at radius 2 is 2.00 bits per heavy atom. The van der Waals surface area contributed by atoms with Gasteiger partial charge in [-0.3, -0.25) is 4.79 Å². The number of aryl methyl sites for hydroxylation is 1. The fourth-order valence-corrected chi connectivity index (χ4v) is 3.32. The van der Waals surface area contributed by atoms with Crippen molar-refractivity contribution in [1.29, 1.82) is 0 Å². The van der Waals surface area contributed by atoms with Gasteiger partial charge in [0.1, 0.15) is 5.60 Å². The van der Waals surface area contributed by atoms with Crippen LogP contribution in [0.3, 0.4) is 0 Å². The van der Waals surface area contributed by atoms with Crippen molar-refractivity contribution < 1.29 is 9.53 Å². The van der Waals surface area contributed by atoms with Gasteiger partial charge in [-0.15, -0.1) is 0 Å². The Kier molecular flexibility index (Phi) is 4.41. The second-order valence-corrected chi connectivity index (χ2v) is 5.76. The molecule has 1 aromatic rings. The van der Waals surface area contributed by atoms with E-state index in [1.165, 1.54) is 5.56 Å². The molecule has 3 unspecified atom stereocenters. The Labute approximate surface area is 116 Å². The van der Waals surface area contributed by atoms with E-state index in [0.29, 0.717) is 12.5 Å². The van der Waals surface area contributed by atoms with Gasteiger partial charge in [0, 0.05) is 12.5 Å². The minimum absolute atomic E-state index is 0.136. The summed E-state index contributed by atoms with van der Waals surface area (Å²) in [7, 11) is 0. The van der Waals surface area contributed by atoms with Gasteiger partial charge in [0.05, 0.1) is 0 Å². The number of rotatable bonds is 5. The molecule has 1 saturated carbocycles. The molecule has 1 fully saturated rings. The van der Waals surface area contributed by atoms with Crippen molar-refractivity contribution in [3.63, 3.8) is 0 Å². The van der Waals surface area contributed by atoms with E-state index in [1.807, 2.05) is 26.8 Å². The molecule has 0 saturated heterocycles. The first-order valence-electron chi connectivity index (χ1n) is 7.30. The van der Waals surface area contributed by atoms with Crippen molar-refractivity contribution >= 4 is 5.78 Å². The Morgan fingerprint density at radius 3 is 2.63 bits per heavy atom. The lowest BCUT2D eigenvalue weighted by Crippen LogP contribution is -2.41. The van der Waals surface area contributed by atoms with E-state index in [0.717, 1.165) is 19.3 Å². The molecule has 2 rings (SSSR count). The van der Waals surface area contributed by atoms with Crippen LogP contribution in [0, 0.1) is 11.8 Å². The summed E-state index contributed by atoms with van der Waals surface area (Å²) in [5.74, 6) is 0.764. The fraction of sp³-hybridized carbons (Fsp3) is 0.588. The minimum atomic E-state index is -0.567. The van der Waals surface area contributed by atoms with Gasteiger partial charge in [-0.2, -0.15) is 0 Å². The van der Waals surface area contributed by atoms with E-state index < -0.39 is 5.60 Å². The third-order valence-corrected chi connectivity index (χ3v) is 4.42. The molecule has 0 radical (unpaired) electrons. The highest BCUT2D eigenvalue weighted by Gasteiger charge is 2.50. The van der Waals surface area contributed by atoms with Gasteiger partial charge in [0.2, 0.25) is 0 Å². The van der Waals surface area contributed by atoms with E-state index in [4.69, 9.17) is 4.74 Å². The SMILES string of the molecule is CCOC1(C)C(=O)C(C)CC1CCc1ccccc1. The average molecular weight is 260 g/mol. The van der Waals surface area contributed by atoms with Crippen LogP contribution in [-0.4, -0.2) is 18.0 Å². The van der Waals surface area contributed by atoms with Crippen LogP contribution >= 0.6 is 0 Å². The molecule has 1 aliphatic rings. The largest absolute Gasteiger partial charge is 0.367 e. The number of ether oxygens (including phenoxy) is 1. The molecule has 2 heteroatoms. The molecule has 0 heterocycles. The molecule has 0 spiro atoms. The van der Waals surface area contributed by atoms with E-state index in [9.17, 15) is 4.79 Å². The molecule has 0 N–H and O–H groups in total. The molecular formula is C17H24O2. The topological polar surface area (TPSA) is 26.3 Å². The monoisotopic (exact) mass is 260 g/mol. The van der Waals surface area contributed by atoms with Gasteiger partial charge in [-0.25, -0.2) is 0 Å². The molecule has 2 nitrogen and oxygen atoms in total. The van der Waals surface area contributed by atoms with E-state index in [2.05, 4.69) is 24.3 Å². The smallest absolute Gasteiger partial charge is 0.167 e. The van der Waals surface area contributed by atoms with Crippen molar-refractivity contribution in [2.75, 3.05) is 6.61 Å². The lowest BCUT2D eigenvalue weighted by molar-refractivity contribution is -0.144. The number of hydrogen-bond acceptors (Lipinski definition) is 2. The third-order valence-electron chi connectivity index (χ3n) is 4.42. The van der Waals surface area contributed by atoms with Crippen LogP contribution in [0.15, 0.2) is 30.3 Å². The third kappa shape index (κ3) is 2.89. The Balaban J connectivity index is 2.04. The average Bonchev–Trinajstić information content (AvgIpc) is 2.63. The lowest BCUT2D eigenvalue weighted by Gasteiger charge is -2.30. The molecule has 104 valence electrons. The number of Topliss-reactive ketones (excluding diaryl/α,β-unsaturated/α-hetero) is 1. The summed E-state index contributed by atoms with van der Waals surface area (Å²) >= 11 is 0. The first-order chi connectivity index (χ1) is 9.08. The zero-order valence-electron chi connectivity index (χ0n) is 12.2. The minimum Gasteiger partial charge on any atom is -0.367 e. The van der Waals surface area contributed by atoms with Crippen molar-refractivity contribution in [2.45, 2.75) is 45.6 Å². The molecule has 0 amide bonds. The van der Waals surface area contributed by atoms with Crippen molar-refractivity contribution in [3.05, 3.63) is 35.9 Å². The highest BCUT2D eigenvalue weighted by atomic mass is 16.5. The van der Waals surface area contributed by atoms with Crippen LogP contribution in [0.25, 0.3) is 0 Å². The second kappa shape index (κ2) is 5.87. The highest BCUT2D eigenvalue weighted by Crippen LogP contribution is 2.41. The van der Waals surface area contributed by atoms with Crippen LogP contribution in [0.2, 0.25) is 0 Å². The van der Waals surface area contributed by atoms with Gasteiger partial charge in [0.25, 0.3) is 0 Å². The predicted octanol–water partition coefficient (Wildman–Crippen LogP) is 3.64. The van der Waals surface area contributed by atoms with Gasteiger partial charge in [-0.05, 0) is 44.6 Å². The van der Waals surface area contributed by atoms with Crippen molar-refractivity contribution in [3.8, 4) is 0 Å². The number of ketones is 1. The lowest BCUT2D eigenvalue weighted by atomic mass is 9.87. The Bertz CT molecular complexity index is 426. The normalized spacial score (nSPS) is 30.8. The van der Waals surface area contributed by atoms with Crippen molar-refractivity contribution in [1.82, 2.24) is 0 Å². The molecule has 19 heavy (non-hydrogen) atoms. The Hall–Kier alpha value is -1.15. The maximum Gasteiger partial charge on any atom is 0.167 e. The zero-order chi connectivity index (χ0) is 13.9. The summed E-state index contributed by atoms with van der Waals surface area (Å²) in [6.07, 6.45) is 3.01. The quantitative estimate of drug-likeness (QED) is 0.808. The van der Waals surface area contributed by atoms with E-state index >= 15 is 0 Å². The molecule has 1 aromatic carbocycles. The van der Waals surface area contributed by atoms with Gasteiger partial charge in [0.15, 0.2) is 5.78 Å². The molecule has 0 bridgehead atoms. The van der Waals surface area contributed by atoms with Crippen LogP contribution in [0.4, 0.5) is 0 Å². The van der Waals surface area contributed by atoms with Gasteiger partial charge >= 0.3 is 0 Å². The summed E-state index contributed by atoms with van der Waals surface area (Å²) in [6, 6.07) is 10.5. The number of carbonyl (C=O) groups excluding carboxylic acids is 1. The number of carbonyl (C=O) groups is 1. The van der Waals surface area contributed by atoms with Gasteiger partial charge < -0.3 is 4.74 Å². The first kappa shape index (κ1) is 14.3. The predicted molar refractivity (Wildman–Crippen MR) is 77.1 cm³/mol. The van der Waals surface area contributed by atoms with E-state index in [-0.39, 0.29) is 11.7 Å². The molecule has 3 atom stereocenters. The van der Waals surface area contributed by atoms with Crippen LogP contribution in [-0.2, 0) is 16.0 Å². The molecule has 0 aliphatic heterocycles. The van der Waals surface area contributed by atoms with Crippen LogP contribution in [0.5, 0.6) is 0 Å². The summed E-state index contributed by atoms with van der Waals surface area (Å²) in [6.45, 7) is 6.59.